The first-order valence-corrected chi connectivity index (χ1v) is 6.61. The van der Waals surface area contributed by atoms with Crippen LogP contribution in [0.4, 0.5) is 5.82 Å². The maximum atomic E-state index is 5.96. The Morgan fingerprint density at radius 1 is 1.59 bits per heavy atom. The van der Waals surface area contributed by atoms with Crippen molar-refractivity contribution in [1.82, 2.24) is 4.98 Å². The van der Waals surface area contributed by atoms with Crippen LogP contribution in [0.25, 0.3) is 0 Å². The second-order valence-corrected chi connectivity index (χ2v) is 5.61. The second-order valence-electron chi connectivity index (χ2n) is 5.17. The van der Waals surface area contributed by atoms with Crippen LogP contribution in [0.1, 0.15) is 32.6 Å². The minimum Gasteiger partial charge on any atom is -0.363 e. The van der Waals surface area contributed by atoms with Crippen molar-refractivity contribution < 1.29 is 0 Å². The Labute approximate surface area is 108 Å². The van der Waals surface area contributed by atoms with Crippen molar-refractivity contribution in [2.45, 2.75) is 38.1 Å². The van der Waals surface area contributed by atoms with Crippen molar-refractivity contribution >= 4 is 17.4 Å². The molecule has 0 amide bonds. The van der Waals surface area contributed by atoms with Gasteiger partial charge in [-0.1, -0.05) is 31.4 Å². The van der Waals surface area contributed by atoms with Crippen molar-refractivity contribution in [3.05, 3.63) is 23.4 Å². The Kier molecular flexibility index (Phi) is 3.89. The Hall–Kier alpha value is -0.800. The van der Waals surface area contributed by atoms with Crippen LogP contribution in [0, 0.1) is 5.92 Å². The molecule has 0 spiro atoms. The average Bonchev–Trinajstić information content (AvgIpc) is 2.32. The molecule has 1 aromatic heterocycles. The molecule has 1 saturated carbocycles. The summed E-state index contributed by atoms with van der Waals surface area (Å²) >= 11 is 5.83. The molecular formula is C13H20ClN3. The average molecular weight is 254 g/mol. The summed E-state index contributed by atoms with van der Waals surface area (Å²) in [4.78, 5) is 4.29. The fourth-order valence-corrected chi connectivity index (χ4v) is 2.84. The second kappa shape index (κ2) is 5.23. The van der Waals surface area contributed by atoms with E-state index in [1.807, 2.05) is 12.1 Å². The smallest absolute Gasteiger partial charge is 0.126 e. The lowest BCUT2D eigenvalue weighted by Crippen LogP contribution is -2.48. The molecule has 0 saturated heterocycles. The maximum absolute atomic E-state index is 5.96. The number of nitrogens with one attached hydrogen (secondary N) is 1. The number of rotatable bonds is 3. The Bertz CT molecular complexity index is 365. The normalized spacial score (nSPS) is 29.0. The van der Waals surface area contributed by atoms with E-state index < -0.39 is 0 Å². The van der Waals surface area contributed by atoms with Crippen LogP contribution in [0.5, 0.6) is 0 Å². The van der Waals surface area contributed by atoms with Crippen molar-refractivity contribution in [1.29, 1.82) is 0 Å². The van der Waals surface area contributed by atoms with Crippen molar-refractivity contribution in [2.75, 3.05) is 11.9 Å². The first-order chi connectivity index (χ1) is 8.13. The first-order valence-electron chi connectivity index (χ1n) is 6.23. The summed E-state index contributed by atoms with van der Waals surface area (Å²) in [5.74, 6) is 1.60. The van der Waals surface area contributed by atoms with Crippen LogP contribution in [-0.4, -0.2) is 17.1 Å². The van der Waals surface area contributed by atoms with E-state index in [-0.39, 0.29) is 5.54 Å². The van der Waals surface area contributed by atoms with Gasteiger partial charge in [-0.15, -0.1) is 0 Å². The summed E-state index contributed by atoms with van der Waals surface area (Å²) in [5, 5.41) is 4.17. The predicted octanol–water partition coefficient (Wildman–Crippen LogP) is 3.05. The molecule has 4 heteroatoms. The van der Waals surface area contributed by atoms with Crippen LogP contribution < -0.4 is 11.1 Å². The molecule has 17 heavy (non-hydrogen) atoms. The molecule has 1 aliphatic rings. The summed E-state index contributed by atoms with van der Waals surface area (Å²) in [6.45, 7) is 2.95. The molecule has 3 N–H and O–H groups in total. The molecule has 0 bridgehead atoms. The number of nitrogens with zero attached hydrogens (tertiary/aromatic N) is 1. The topological polar surface area (TPSA) is 50.9 Å². The molecule has 2 atom stereocenters. The van der Waals surface area contributed by atoms with E-state index in [4.69, 9.17) is 17.3 Å². The predicted molar refractivity (Wildman–Crippen MR) is 72.3 cm³/mol. The van der Waals surface area contributed by atoms with Gasteiger partial charge in [0.15, 0.2) is 0 Å². The minimum absolute atomic E-state index is 0.0124. The molecule has 2 unspecified atom stereocenters. The molecule has 2 rings (SSSR count). The monoisotopic (exact) mass is 253 g/mol. The summed E-state index contributed by atoms with van der Waals surface area (Å²) in [6.07, 6.45) is 6.45. The first kappa shape index (κ1) is 12.7. The maximum Gasteiger partial charge on any atom is 0.126 e. The lowest BCUT2D eigenvalue weighted by molar-refractivity contribution is 0.263. The van der Waals surface area contributed by atoms with E-state index in [0.29, 0.717) is 11.6 Å². The van der Waals surface area contributed by atoms with Crippen LogP contribution >= 0.6 is 11.6 Å². The highest BCUT2D eigenvalue weighted by molar-refractivity contribution is 6.30. The lowest BCUT2D eigenvalue weighted by atomic mass is 9.76. The molecule has 1 aliphatic carbocycles. The van der Waals surface area contributed by atoms with Gasteiger partial charge in [0, 0.05) is 12.7 Å². The van der Waals surface area contributed by atoms with E-state index >= 15 is 0 Å². The highest BCUT2D eigenvalue weighted by Crippen LogP contribution is 2.34. The number of nitrogens with two attached hydrogens (primary N) is 1. The standard InChI is InChI=1S/C13H20ClN3/c1-10-3-2-6-13(7-10,9-15)17-12-5-4-11(14)8-16-12/h4-5,8,10H,2-3,6-7,9,15H2,1H3,(H,16,17). The van der Waals surface area contributed by atoms with Gasteiger partial charge in [-0.25, -0.2) is 4.98 Å². The largest absolute Gasteiger partial charge is 0.363 e. The summed E-state index contributed by atoms with van der Waals surface area (Å²) < 4.78 is 0. The van der Waals surface area contributed by atoms with Gasteiger partial charge >= 0.3 is 0 Å². The van der Waals surface area contributed by atoms with E-state index in [9.17, 15) is 0 Å². The Morgan fingerprint density at radius 3 is 3.00 bits per heavy atom. The van der Waals surface area contributed by atoms with Crippen LogP contribution in [0.15, 0.2) is 18.3 Å². The third-order valence-electron chi connectivity index (χ3n) is 3.60. The number of pyridine rings is 1. The lowest BCUT2D eigenvalue weighted by Gasteiger charge is -2.40. The van der Waals surface area contributed by atoms with Crippen molar-refractivity contribution in [2.24, 2.45) is 11.7 Å². The van der Waals surface area contributed by atoms with E-state index in [1.165, 1.54) is 12.8 Å². The summed E-state index contributed by atoms with van der Waals surface area (Å²) in [5.41, 5.74) is 5.97. The van der Waals surface area contributed by atoms with Crippen LogP contribution in [-0.2, 0) is 0 Å². The molecule has 1 fully saturated rings. The molecule has 3 nitrogen and oxygen atoms in total. The summed E-state index contributed by atoms with van der Waals surface area (Å²) in [6, 6.07) is 3.77. The molecule has 94 valence electrons. The Morgan fingerprint density at radius 2 is 2.41 bits per heavy atom. The van der Waals surface area contributed by atoms with Gasteiger partial charge in [-0.05, 0) is 30.9 Å². The zero-order chi connectivity index (χ0) is 12.3. The molecule has 1 aromatic rings. The SMILES string of the molecule is CC1CCCC(CN)(Nc2ccc(Cl)cn2)C1. The van der Waals surface area contributed by atoms with E-state index in [2.05, 4.69) is 17.2 Å². The number of hydrogen-bond acceptors (Lipinski definition) is 3. The minimum atomic E-state index is 0.0124. The quantitative estimate of drug-likeness (QED) is 0.871. The van der Waals surface area contributed by atoms with Gasteiger partial charge in [-0.3, -0.25) is 0 Å². The number of hydrogen-bond donors (Lipinski definition) is 2. The van der Waals surface area contributed by atoms with Gasteiger partial charge < -0.3 is 11.1 Å². The Balaban J connectivity index is 2.10. The van der Waals surface area contributed by atoms with Gasteiger partial charge in [0.05, 0.1) is 10.6 Å². The fourth-order valence-electron chi connectivity index (χ4n) is 2.73. The van der Waals surface area contributed by atoms with E-state index in [1.54, 1.807) is 6.20 Å². The molecule has 0 radical (unpaired) electrons. The highest BCUT2D eigenvalue weighted by Gasteiger charge is 2.33. The third-order valence-corrected chi connectivity index (χ3v) is 3.83. The van der Waals surface area contributed by atoms with Gasteiger partial charge in [0.25, 0.3) is 0 Å². The van der Waals surface area contributed by atoms with Crippen LogP contribution in [0.2, 0.25) is 5.02 Å². The number of anilines is 1. The third kappa shape index (κ3) is 3.11. The van der Waals surface area contributed by atoms with Crippen LogP contribution in [0.3, 0.4) is 0 Å². The van der Waals surface area contributed by atoms with Crippen molar-refractivity contribution in [3.8, 4) is 0 Å². The van der Waals surface area contributed by atoms with Gasteiger partial charge in [0.2, 0.25) is 0 Å². The molecule has 0 aliphatic heterocycles. The van der Waals surface area contributed by atoms with Gasteiger partial charge in [0.1, 0.15) is 5.82 Å². The molecule has 0 aromatic carbocycles. The number of halogens is 1. The zero-order valence-electron chi connectivity index (χ0n) is 10.2. The zero-order valence-corrected chi connectivity index (χ0v) is 11.0. The molecular weight excluding hydrogens is 234 g/mol. The summed E-state index contributed by atoms with van der Waals surface area (Å²) in [7, 11) is 0. The number of aromatic nitrogens is 1. The van der Waals surface area contributed by atoms with Gasteiger partial charge in [-0.2, -0.15) is 0 Å². The fraction of sp³-hybridized carbons (Fsp3) is 0.615. The highest BCUT2D eigenvalue weighted by atomic mass is 35.5. The van der Waals surface area contributed by atoms with Crippen molar-refractivity contribution in [3.63, 3.8) is 0 Å². The van der Waals surface area contributed by atoms with E-state index in [0.717, 1.165) is 24.6 Å². The molecule has 1 heterocycles.